The van der Waals surface area contributed by atoms with Crippen molar-refractivity contribution >= 4 is 60.8 Å². The lowest BCUT2D eigenvalue weighted by atomic mass is 10.0. The lowest BCUT2D eigenvalue weighted by Gasteiger charge is -2.07. The Balaban J connectivity index is 1.69. The fourth-order valence-electron chi connectivity index (χ4n) is 2.22. The molecule has 0 radical (unpaired) electrons. The first kappa shape index (κ1) is 17.1. The van der Waals surface area contributed by atoms with Crippen LogP contribution in [0.15, 0.2) is 62.6 Å². The fraction of sp³-hybridized carbons (Fsp3) is 0.0588. The Hall–Kier alpha value is -1.70. The van der Waals surface area contributed by atoms with Gasteiger partial charge in [0.1, 0.15) is 3.39 Å². The van der Waals surface area contributed by atoms with E-state index in [1.165, 1.54) is 17.4 Å². The Morgan fingerprint density at radius 1 is 1.17 bits per heavy atom. The molecule has 4 nitrogen and oxygen atoms in total. The first-order valence-corrected chi connectivity index (χ1v) is 9.41. The van der Waals surface area contributed by atoms with Gasteiger partial charge in [0.15, 0.2) is 5.76 Å². The van der Waals surface area contributed by atoms with Gasteiger partial charge in [0, 0.05) is 23.8 Å². The van der Waals surface area contributed by atoms with E-state index >= 15 is 0 Å². The largest absolute Gasteiger partial charge is 0.421 e. The van der Waals surface area contributed by atoms with Crippen LogP contribution in [-0.2, 0) is 16.0 Å². The maximum Gasteiger partial charge on any atom is 0.336 e. The summed E-state index contributed by atoms with van der Waals surface area (Å²) in [4.78, 5) is 24.1. The predicted molar refractivity (Wildman–Crippen MR) is 101 cm³/mol. The number of esters is 1. The maximum absolute atomic E-state index is 12.0. The molecule has 24 heavy (non-hydrogen) atoms. The molecular formula is C17H11Br2NO3S. The molecule has 0 fully saturated rings. The molecule has 0 saturated carbocycles. The average molecular weight is 469 g/mol. The van der Waals surface area contributed by atoms with E-state index in [0.717, 1.165) is 16.8 Å². The van der Waals surface area contributed by atoms with Crippen LogP contribution in [0.5, 0.6) is 0 Å². The molecular weight excluding hydrogens is 458 g/mol. The summed E-state index contributed by atoms with van der Waals surface area (Å²) in [6.07, 6.45) is 2.03. The van der Waals surface area contributed by atoms with Gasteiger partial charge in [-0.2, -0.15) is 0 Å². The molecule has 0 atom stereocenters. The van der Waals surface area contributed by atoms with Gasteiger partial charge in [-0.1, -0.05) is 18.2 Å². The third-order valence-corrected chi connectivity index (χ3v) is 4.90. The minimum absolute atomic E-state index is 0.122. The zero-order valence-electron chi connectivity index (χ0n) is 12.2. The molecule has 0 spiro atoms. The van der Waals surface area contributed by atoms with Crippen molar-refractivity contribution in [3.05, 3.63) is 73.0 Å². The lowest BCUT2D eigenvalue weighted by molar-refractivity contribution is -0.132. The van der Waals surface area contributed by atoms with Crippen molar-refractivity contribution in [1.29, 1.82) is 0 Å². The zero-order valence-corrected chi connectivity index (χ0v) is 16.2. The van der Waals surface area contributed by atoms with Crippen molar-refractivity contribution < 1.29 is 14.3 Å². The zero-order chi connectivity index (χ0) is 17.1. The summed E-state index contributed by atoms with van der Waals surface area (Å²) in [5.74, 6) is -0.00464. The molecule has 1 aromatic heterocycles. The third kappa shape index (κ3) is 4.03. The van der Waals surface area contributed by atoms with E-state index < -0.39 is 0 Å². The van der Waals surface area contributed by atoms with E-state index in [9.17, 15) is 9.59 Å². The third-order valence-electron chi connectivity index (χ3n) is 3.31. The van der Waals surface area contributed by atoms with Crippen molar-refractivity contribution in [2.24, 2.45) is 0 Å². The molecule has 2 heterocycles. The van der Waals surface area contributed by atoms with Crippen LogP contribution in [0, 0.1) is 0 Å². The molecule has 1 aromatic carbocycles. The summed E-state index contributed by atoms with van der Waals surface area (Å²) in [5.41, 5.74) is 2.52. The fourth-order valence-corrected chi connectivity index (χ4v) is 3.51. The molecule has 122 valence electrons. The van der Waals surface area contributed by atoms with Gasteiger partial charge in [0.2, 0.25) is 0 Å². The minimum atomic E-state index is -0.378. The van der Waals surface area contributed by atoms with Gasteiger partial charge in [-0.05, 0) is 61.0 Å². The molecule has 1 amide bonds. The Labute approximate surface area is 159 Å². The van der Waals surface area contributed by atoms with E-state index in [0.29, 0.717) is 20.4 Å². The highest BCUT2D eigenvalue weighted by Gasteiger charge is 2.22. The van der Waals surface area contributed by atoms with Crippen LogP contribution < -0.4 is 5.32 Å². The SMILES string of the molecule is O=C1C=C(Cc2ccc(NC(=O)c3cccs3)cc2)C(=C(Br)Br)O1. The minimum Gasteiger partial charge on any atom is -0.421 e. The number of cyclic esters (lactones) is 1. The monoisotopic (exact) mass is 467 g/mol. The first-order chi connectivity index (χ1) is 11.5. The number of carbonyl (C=O) groups excluding carboxylic acids is 2. The standard InChI is InChI=1S/C17H11Br2NO3S/c18-16(19)15-11(9-14(21)23-15)8-10-3-5-12(6-4-10)20-17(22)13-2-1-7-24-13/h1-7,9H,8H2,(H,20,22). The number of halogens is 2. The molecule has 0 bridgehead atoms. The molecule has 2 aromatic rings. The Morgan fingerprint density at radius 2 is 1.92 bits per heavy atom. The molecule has 1 aliphatic heterocycles. The second-order valence-electron chi connectivity index (χ2n) is 4.99. The summed E-state index contributed by atoms with van der Waals surface area (Å²) >= 11 is 7.94. The number of nitrogens with one attached hydrogen (secondary N) is 1. The van der Waals surface area contributed by atoms with Gasteiger partial charge in [-0.15, -0.1) is 11.3 Å². The van der Waals surface area contributed by atoms with Crippen molar-refractivity contribution in [2.75, 3.05) is 5.32 Å². The van der Waals surface area contributed by atoms with Crippen molar-refractivity contribution in [1.82, 2.24) is 0 Å². The molecule has 1 aliphatic rings. The van der Waals surface area contributed by atoms with Crippen LogP contribution >= 0.6 is 43.2 Å². The van der Waals surface area contributed by atoms with Crippen molar-refractivity contribution in [2.45, 2.75) is 6.42 Å². The highest BCUT2D eigenvalue weighted by atomic mass is 79.9. The number of hydrogen-bond acceptors (Lipinski definition) is 4. The summed E-state index contributed by atoms with van der Waals surface area (Å²) in [6.45, 7) is 0. The second kappa shape index (κ2) is 7.46. The molecule has 0 unspecified atom stereocenters. The number of thiophene rings is 1. The van der Waals surface area contributed by atoms with Crippen molar-refractivity contribution in [3.8, 4) is 0 Å². The topological polar surface area (TPSA) is 55.4 Å². The van der Waals surface area contributed by atoms with E-state index in [-0.39, 0.29) is 11.9 Å². The number of rotatable bonds is 4. The maximum atomic E-state index is 12.0. The Bertz CT molecular complexity index is 835. The van der Waals surface area contributed by atoms with Gasteiger partial charge in [-0.25, -0.2) is 4.79 Å². The number of benzene rings is 1. The molecule has 3 rings (SSSR count). The smallest absolute Gasteiger partial charge is 0.336 e. The first-order valence-electron chi connectivity index (χ1n) is 6.95. The van der Waals surface area contributed by atoms with Gasteiger partial charge >= 0.3 is 5.97 Å². The number of allylic oxidation sites excluding steroid dienone is 1. The molecule has 0 aliphatic carbocycles. The number of amides is 1. The van der Waals surface area contributed by atoms with Gasteiger partial charge < -0.3 is 10.1 Å². The summed E-state index contributed by atoms with van der Waals surface area (Å²) in [5, 5.41) is 4.72. The molecule has 0 saturated heterocycles. The highest BCUT2D eigenvalue weighted by Crippen LogP contribution is 2.32. The van der Waals surface area contributed by atoms with E-state index in [2.05, 4.69) is 37.2 Å². The summed E-state index contributed by atoms with van der Waals surface area (Å²) in [6, 6.07) is 11.1. The van der Waals surface area contributed by atoms with Crippen LogP contribution in [0.25, 0.3) is 0 Å². The highest BCUT2D eigenvalue weighted by molar-refractivity contribution is 9.28. The number of hydrogen-bond donors (Lipinski definition) is 1. The van der Waals surface area contributed by atoms with Crippen LogP contribution in [0.4, 0.5) is 5.69 Å². The van der Waals surface area contributed by atoms with Gasteiger partial charge in [0.05, 0.1) is 4.88 Å². The summed E-state index contributed by atoms with van der Waals surface area (Å²) in [7, 11) is 0. The second-order valence-corrected chi connectivity index (χ2v) is 8.58. The van der Waals surface area contributed by atoms with Gasteiger partial charge in [-0.3, -0.25) is 4.79 Å². The Kier molecular flexibility index (Phi) is 5.33. The quantitative estimate of drug-likeness (QED) is 0.643. The predicted octanol–water partition coefficient (Wildman–Crippen LogP) is 4.99. The van der Waals surface area contributed by atoms with E-state index in [1.807, 2.05) is 35.7 Å². The Morgan fingerprint density at radius 3 is 2.54 bits per heavy atom. The summed E-state index contributed by atoms with van der Waals surface area (Å²) < 4.78 is 5.73. The van der Waals surface area contributed by atoms with Gasteiger partial charge in [0.25, 0.3) is 5.91 Å². The van der Waals surface area contributed by atoms with Crippen LogP contribution in [0.2, 0.25) is 0 Å². The number of anilines is 1. The van der Waals surface area contributed by atoms with Crippen LogP contribution in [-0.4, -0.2) is 11.9 Å². The van der Waals surface area contributed by atoms with E-state index in [1.54, 1.807) is 6.07 Å². The normalized spacial score (nSPS) is 13.5. The lowest BCUT2D eigenvalue weighted by Crippen LogP contribution is -2.09. The average Bonchev–Trinajstić information content (AvgIpc) is 3.19. The van der Waals surface area contributed by atoms with E-state index in [4.69, 9.17) is 4.74 Å². The van der Waals surface area contributed by atoms with Crippen LogP contribution in [0.1, 0.15) is 15.2 Å². The van der Waals surface area contributed by atoms with Crippen molar-refractivity contribution in [3.63, 3.8) is 0 Å². The molecule has 1 N–H and O–H groups in total. The molecule has 7 heteroatoms. The van der Waals surface area contributed by atoms with Crippen LogP contribution in [0.3, 0.4) is 0 Å². The number of carbonyl (C=O) groups is 2. The number of ether oxygens (including phenoxy) is 1.